The van der Waals surface area contributed by atoms with Gasteiger partial charge in [-0.25, -0.2) is 0 Å². The van der Waals surface area contributed by atoms with Crippen LogP contribution in [0.15, 0.2) is 30.3 Å². The maximum atomic E-state index is 12.2. The zero-order valence-electron chi connectivity index (χ0n) is 13.2. The van der Waals surface area contributed by atoms with Crippen molar-refractivity contribution in [3.63, 3.8) is 0 Å². The number of hydrogen-bond acceptors (Lipinski definition) is 3. The molecule has 6 heteroatoms. The van der Waals surface area contributed by atoms with Gasteiger partial charge in [-0.05, 0) is 26.3 Å². The Labute approximate surface area is 137 Å². The molecule has 2 rings (SSSR count). The average Bonchev–Trinajstić information content (AvgIpc) is 2.79. The van der Waals surface area contributed by atoms with Crippen molar-refractivity contribution in [3.8, 4) is 0 Å². The first-order chi connectivity index (χ1) is 9.79. The van der Waals surface area contributed by atoms with Crippen LogP contribution in [0.5, 0.6) is 0 Å². The molecule has 1 heterocycles. The topological polar surface area (TPSA) is 75.4 Å². The summed E-state index contributed by atoms with van der Waals surface area (Å²) in [6, 6.07) is 8.36. The number of likely N-dealkylation sites (tertiary alicyclic amines) is 1. The fraction of sp³-hybridized carbons (Fsp3) is 0.500. The minimum atomic E-state index is -0.704. The summed E-state index contributed by atoms with van der Waals surface area (Å²) in [6.45, 7) is 6.51. The summed E-state index contributed by atoms with van der Waals surface area (Å²) in [5.41, 5.74) is 6.51. The number of nitrogens with one attached hydrogen (secondary N) is 1. The van der Waals surface area contributed by atoms with Crippen LogP contribution in [0.4, 0.5) is 0 Å². The van der Waals surface area contributed by atoms with Gasteiger partial charge in [-0.1, -0.05) is 30.3 Å². The van der Waals surface area contributed by atoms with E-state index in [1.54, 1.807) is 4.90 Å². The van der Waals surface area contributed by atoms with Crippen molar-refractivity contribution in [2.45, 2.75) is 44.8 Å². The lowest BCUT2D eigenvalue weighted by molar-refractivity contribution is -0.131. The molecule has 1 fully saturated rings. The van der Waals surface area contributed by atoms with Crippen LogP contribution < -0.4 is 11.1 Å². The van der Waals surface area contributed by atoms with E-state index in [1.807, 2.05) is 51.1 Å². The fourth-order valence-corrected chi connectivity index (χ4v) is 2.56. The van der Waals surface area contributed by atoms with Gasteiger partial charge < -0.3 is 16.0 Å². The largest absolute Gasteiger partial charge is 0.349 e. The van der Waals surface area contributed by atoms with Gasteiger partial charge in [-0.2, -0.15) is 0 Å². The van der Waals surface area contributed by atoms with E-state index in [2.05, 4.69) is 5.32 Å². The van der Waals surface area contributed by atoms with Gasteiger partial charge in [0.25, 0.3) is 0 Å². The van der Waals surface area contributed by atoms with Gasteiger partial charge in [0.15, 0.2) is 0 Å². The predicted octanol–water partition coefficient (Wildman–Crippen LogP) is 1.62. The molecular weight excluding hydrogens is 302 g/mol. The SMILES string of the molecule is CC(C)(C)N1CC(NC(=O)C(N)c2ccccc2)CC1=O.Cl. The third-order valence-electron chi connectivity index (χ3n) is 3.72. The van der Waals surface area contributed by atoms with Crippen molar-refractivity contribution in [1.82, 2.24) is 10.2 Å². The van der Waals surface area contributed by atoms with E-state index < -0.39 is 6.04 Å². The number of rotatable bonds is 3. The molecular formula is C16H24ClN3O2. The van der Waals surface area contributed by atoms with Crippen LogP contribution in [0.1, 0.15) is 38.8 Å². The van der Waals surface area contributed by atoms with Crippen LogP contribution in [0.25, 0.3) is 0 Å². The molecule has 0 radical (unpaired) electrons. The Balaban J connectivity index is 0.00000242. The van der Waals surface area contributed by atoms with Crippen LogP contribution in [-0.4, -0.2) is 34.8 Å². The Hall–Kier alpha value is -1.59. The number of nitrogens with zero attached hydrogens (tertiary/aromatic N) is 1. The second-order valence-electron chi connectivity index (χ2n) is 6.47. The van der Waals surface area contributed by atoms with Gasteiger partial charge in [-0.3, -0.25) is 9.59 Å². The third kappa shape index (κ3) is 4.21. The molecule has 22 heavy (non-hydrogen) atoms. The van der Waals surface area contributed by atoms with Crippen LogP contribution in [0.2, 0.25) is 0 Å². The lowest BCUT2D eigenvalue weighted by Gasteiger charge is -2.32. The minimum Gasteiger partial charge on any atom is -0.349 e. The Morgan fingerprint density at radius 2 is 1.91 bits per heavy atom. The molecule has 1 aliphatic heterocycles. The van der Waals surface area contributed by atoms with Crippen molar-refractivity contribution in [1.29, 1.82) is 0 Å². The highest BCUT2D eigenvalue weighted by Gasteiger charge is 2.37. The quantitative estimate of drug-likeness (QED) is 0.886. The zero-order valence-corrected chi connectivity index (χ0v) is 14.0. The van der Waals surface area contributed by atoms with E-state index in [0.29, 0.717) is 13.0 Å². The van der Waals surface area contributed by atoms with Crippen molar-refractivity contribution in [2.75, 3.05) is 6.54 Å². The number of carbonyl (C=O) groups excluding carboxylic acids is 2. The molecule has 1 aromatic carbocycles. The minimum absolute atomic E-state index is 0. The summed E-state index contributed by atoms with van der Waals surface area (Å²) in [4.78, 5) is 26.0. The Morgan fingerprint density at radius 3 is 2.41 bits per heavy atom. The van der Waals surface area contributed by atoms with Crippen LogP contribution in [0.3, 0.4) is 0 Å². The molecule has 1 saturated heterocycles. The smallest absolute Gasteiger partial charge is 0.241 e. The Morgan fingerprint density at radius 1 is 1.32 bits per heavy atom. The number of nitrogens with two attached hydrogens (primary N) is 1. The maximum Gasteiger partial charge on any atom is 0.241 e. The van der Waals surface area contributed by atoms with Gasteiger partial charge in [0.1, 0.15) is 6.04 Å². The highest BCUT2D eigenvalue weighted by Crippen LogP contribution is 2.22. The predicted molar refractivity (Wildman–Crippen MR) is 88.6 cm³/mol. The molecule has 0 aromatic heterocycles. The first kappa shape index (κ1) is 18.5. The second-order valence-corrected chi connectivity index (χ2v) is 6.47. The van der Waals surface area contributed by atoms with Gasteiger partial charge in [-0.15, -0.1) is 12.4 Å². The summed E-state index contributed by atoms with van der Waals surface area (Å²) in [6.07, 6.45) is 0.338. The van der Waals surface area contributed by atoms with Crippen molar-refractivity contribution >= 4 is 24.2 Å². The van der Waals surface area contributed by atoms with Crippen molar-refractivity contribution in [2.24, 2.45) is 5.73 Å². The average molecular weight is 326 g/mol. The third-order valence-corrected chi connectivity index (χ3v) is 3.72. The Kier molecular flexibility index (Phi) is 5.97. The summed E-state index contributed by atoms with van der Waals surface area (Å²) >= 11 is 0. The summed E-state index contributed by atoms with van der Waals surface area (Å²) in [7, 11) is 0. The molecule has 1 aromatic rings. The molecule has 122 valence electrons. The molecule has 3 N–H and O–H groups in total. The first-order valence-electron chi connectivity index (χ1n) is 7.20. The van der Waals surface area contributed by atoms with Crippen LogP contribution in [-0.2, 0) is 9.59 Å². The standard InChI is InChI=1S/C16H23N3O2.ClH/c1-16(2,3)19-10-12(9-13(19)20)18-15(21)14(17)11-7-5-4-6-8-11;/h4-8,12,14H,9-10,17H2,1-3H3,(H,18,21);1H. The molecule has 1 aliphatic rings. The maximum absolute atomic E-state index is 12.2. The van der Waals surface area contributed by atoms with Gasteiger partial charge in [0.05, 0.1) is 6.04 Å². The van der Waals surface area contributed by atoms with Gasteiger partial charge >= 0.3 is 0 Å². The molecule has 2 amide bonds. The van der Waals surface area contributed by atoms with Gasteiger partial charge in [0, 0.05) is 18.5 Å². The fourth-order valence-electron chi connectivity index (χ4n) is 2.56. The molecule has 0 spiro atoms. The number of amides is 2. The van der Waals surface area contributed by atoms with E-state index in [-0.39, 0.29) is 35.8 Å². The lowest BCUT2D eigenvalue weighted by atomic mass is 10.1. The molecule has 0 saturated carbocycles. The van der Waals surface area contributed by atoms with Crippen LogP contribution >= 0.6 is 12.4 Å². The molecule has 2 atom stereocenters. The van der Waals surface area contributed by atoms with E-state index in [1.165, 1.54) is 0 Å². The molecule has 5 nitrogen and oxygen atoms in total. The molecule has 0 bridgehead atoms. The summed E-state index contributed by atoms with van der Waals surface area (Å²) < 4.78 is 0. The second kappa shape index (κ2) is 7.11. The Bertz CT molecular complexity index is 528. The number of halogens is 1. The molecule has 2 unspecified atom stereocenters. The van der Waals surface area contributed by atoms with E-state index in [0.717, 1.165) is 5.56 Å². The highest BCUT2D eigenvalue weighted by atomic mass is 35.5. The summed E-state index contributed by atoms with van der Waals surface area (Å²) in [5, 5.41) is 2.88. The number of hydrogen-bond donors (Lipinski definition) is 2. The van der Waals surface area contributed by atoms with Gasteiger partial charge in [0.2, 0.25) is 11.8 Å². The lowest BCUT2D eigenvalue weighted by Crippen LogP contribution is -2.46. The van der Waals surface area contributed by atoms with Crippen molar-refractivity contribution < 1.29 is 9.59 Å². The molecule has 0 aliphatic carbocycles. The van der Waals surface area contributed by atoms with E-state index >= 15 is 0 Å². The first-order valence-corrected chi connectivity index (χ1v) is 7.20. The monoisotopic (exact) mass is 325 g/mol. The van der Waals surface area contributed by atoms with E-state index in [4.69, 9.17) is 5.73 Å². The van der Waals surface area contributed by atoms with Crippen LogP contribution in [0, 0.1) is 0 Å². The van der Waals surface area contributed by atoms with E-state index in [9.17, 15) is 9.59 Å². The number of benzene rings is 1. The highest BCUT2D eigenvalue weighted by molar-refractivity contribution is 5.86. The van der Waals surface area contributed by atoms with Crippen molar-refractivity contribution in [3.05, 3.63) is 35.9 Å². The zero-order chi connectivity index (χ0) is 15.6. The summed E-state index contributed by atoms with van der Waals surface area (Å²) in [5.74, 6) is -0.171. The number of carbonyl (C=O) groups is 2. The normalized spacial score (nSPS) is 19.5.